The Morgan fingerprint density at radius 3 is 1.00 bits per heavy atom. The Morgan fingerprint density at radius 2 is 0.800 bits per heavy atom. The van der Waals surface area contributed by atoms with E-state index in [9.17, 15) is 20.4 Å². The molecule has 4 aliphatic carbocycles. The SMILES string of the molecule is CCC(PCCCPC(CC)(C1CCC(O)C1)C1CCC(O)C1)(C1CCC(O)C1)C1CCC(O)C1. The molecule has 0 spiro atoms. The number of hydrogen-bond donors (Lipinski definition) is 4. The van der Waals surface area contributed by atoms with E-state index in [0.717, 1.165) is 68.5 Å². The normalized spacial score (nSPS) is 42.0. The molecular weight excluding hydrogens is 474 g/mol. The summed E-state index contributed by atoms with van der Waals surface area (Å²) in [6.07, 6.45) is 18.2. The Labute approximate surface area is 218 Å². The summed E-state index contributed by atoms with van der Waals surface area (Å²) in [5, 5.41) is 42.0. The fourth-order valence-electron chi connectivity index (χ4n) is 9.08. The maximum absolute atomic E-state index is 10.3. The van der Waals surface area contributed by atoms with Gasteiger partial charge in [0.15, 0.2) is 0 Å². The highest BCUT2D eigenvalue weighted by Gasteiger charge is 2.49. The molecule has 4 fully saturated rings. The van der Waals surface area contributed by atoms with Gasteiger partial charge in [-0.2, -0.15) is 0 Å². The van der Waals surface area contributed by atoms with E-state index in [1.54, 1.807) is 0 Å². The molecule has 4 aliphatic rings. The first-order valence-electron chi connectivity index (χ1n) is 15.0. The van der Waals surface area contributed by atoms with E-state index < -0.39 is 0 Å². The molecule has 0 amide bonds. The van der Waals surface area contributed by atoms with Gasteiger partial charge in [0.25, 0.3) is 0 Å². The zero-order valence-electron chi connectivity index (χ0n) is 22.4. The Morgan fingerprint density at radius 1 is 0.514 bits per heavy atom. The largest absolute Gasteiger partial charge is 0.393 e. The van der Waals surface area contributed by atoms with Crippen LogP contribution in [-0.4, -0.2) is 67.5 Å². The third-order valence-electron chi connectivity index (χ3n) is 11.0. The van der Waals surface area contributed by atoms with Gasteiger partial charge in [0.2, 0.25) is 0 Å². The second-order valence-corrected chi connectivity index (χ2v) is 16.2. The Balaban J connectivity index is 1.38. The molecule has 0 radical (unpaired) electrons. The predicted octanol–water partition coefficient (Wildman–Crippen LogP) is 5.68. The van der Waals surface area contributed by atoms with Crippen LogP contribution in [0.15, 0.2) is 0 Å². The summed E-state index contributed by atoms with van der Waals surface area (Å²) in [4.78, 5) is 0. The minimum atomic E-state index is -0.114. The lowest BCUT2D eigenvalue weighted by Gasteiger charge is -2.45. The molecule has 10 atom stereocenters. The lowest BCUT2D eigenvalue weighted by Crippen LogP contribution is -2.40. The molecular formula is C29H54O4P2. The van der Waals surface area contributed by atoms with E-state index in [2.05, 4.69) is 13.8 Å². The molecule has 4 rings (SSSR count). The molecule has 204 valence electrons. The maximum Gasteiger partial charge on any atom is 0.0543 e. The topological polar surface area (TPSA) is 80.9 Å². The Hall–Kier alpha value is 0.700. The van der Waals surface area contributed by atoms with Crippen molar-refractivity contribution < 1.29 is 20.4 Å². The summed E-state index contributed by atoms with van der Waals surface area (Å²) in [6, 6.07) is 0. The summed E-state index contributed by atoms with van der Waals surface area (Å²) >= 11 is 0. The predicted molar refractivity (Wildman–Crippen MR) is 150 cm³/mol. The lowest BCUT2D eigenvalue weighted by atomic mass is 9.76. The minimum absolute atomic E-state index is 0.114. The molecule has 10 unspecified atom stereocenters. The van der Waals surface area contributed by atoms with E-state index in [4.69, 9.17) is 0 Å². The first kappa shape index (κ1) is 28.7. The van der Waals surface area contributed by atoms with Crippen LogP contribution in [0.2, 0.25) is 0 Å². The van der Waals surface area contributed by atoms with Crippen LogP contribution in [-0.2, 0) is 0 Å². The van der Waals surface area contributed by atoms with Crippen LogP contribution in [0.4, 0.5) is 0 Å². The first-order chi connectivity index (χ1) is 16.8. The van der Waals surface area contributed by atoms with E-state index in [1.807, 2.05) is 0 Å². The highest BCUT2D eigenvalue weighted by Crippen LogP contribution is 2.59. The van der Waals surface area contributed by atoms with Gasteiger partial charge in [-0.3, -0.25) is 0 Å². The zero-order valence-corrected chi connectivity index (χ0v) is 24.4. The van der Waals surface area contributed by atoms with Crippen molar-refractivity contribution in [1.82, 2.24) is 0 Å². The van der Waals surface area contributed by atoms with Gasteiger partial charge in [-0.05, 0) is 143 Å². The van der Waals surface area contributed by atoms with Crippen LogP contribution in [0.25, 0.3) is 0 Å². The number of aliphatic hydroxyl groups is 4. The van der Waals surface area contributed by atoms with Crippen molar-refractivity contribution in [2.45, 2.75) is 145 Å². The maximum atomic E-state index is 10.3. The molecule has 0 aromatic carbocycles. The van der Waals surface area contributed by atoms with Crippen molar-refractivity contribution in [1.29, 1.82) is 0 Å². The number of hydrogen-bond acceptors (Lipinski definition) is 4. The first-order valence-corrected chi connectivity index (χ1v) is 17.5. The average molecular weight is 529 g/mol. The smallest absolute Gasteiger partial charge is 0.0543 e. The molecule has 6 heteroatoms. The molecule has 0 aliphatic heterocycles. The molecule has 4 nitrogen and oxygen atoms in total. The van der Waals surface area contributed by atoms with Crippen molar-refractivity contribution in [2.75, 3.05) is 12.3 Å². The molecule has 0 bridgehead atoms. The summed E-state index contributed by atoms with van der Waals surface area (Å²) in [6.45, 7) is 4.76. The van der Waals surface area contributed by atoms with Gasteiger partial charge < -0.3 is 20.4 Å². The van der Waals surface area contributed by atoms with Crippen molar-refractivity contribution >= 4 is 17.2 Å². The summed E-state index contributed by atoms with van der Waals surface area (Å²) in [5.41, 5.74) is 0. The molecule has 35 heavy (non-hydrogen) atoms. The standard InChI is InChI=1S/C29H54O4P2/c1-3-28(20-6-10-24(30)16-20,21-7-11-25(31)17-21)34-14-5-15-35-29(4-2,22-8-12-26(32)18-22)23-9-13-27(33)19-23/h20-27,30-35H,3-19H2,1-2H3. The second-order valence-electron chi connectivity index (χ2n) is 12.7. The molecule has 0 saturated heterocycles. The van der Waals surface area contributed by atoms with Crippen LogP contribution in [0, 0.1) is 23.7 Å². The fraction of sp³-hybridized carbons (Fsp3) is 1.00. The van der Waals surface area contributed by atoms with E-state index >= 15 is 0 Å². The lowest BCUT2D eigenvalue weighted by molar-refractivity contribution is 0.152. The third-order valence-corrected chi connectivity index (χ3v) is 15.8. The van der Waals surface area contributed by atoms with Crippen LogP contribution in [0.3, 0.4) is 0 Å². The van der Waals surface area contributed by atoms with Crippen molar-refractivity contribution in [3.8, 4) is 0 Å². The molecule has 0 heterocycles. The van der Waals surface area contributed by atoms with Gasteiger partial charge >= 0.3 is 0 Å². The van der Waals surface area contributed by atoms with Gasteiger partial charge in [0.05, 0.1) is 24.4 Å². The average Bonchev–Trinajstić information content (AvgIpc) is 3.64. The van der Waals surface area contributed by atoms with Crippen LogP contribution >= 0.6 is 17.2 Å². The Kier molecular flexibility index (Phi) is 10.4. The zero-order chi connectivity index (χ0) is 25.1. The van der Waals surface area contributed by atoms with Crippen LogP contribution < -0.4 is 0 Å². The summed E-state index contributed by atoms with van der Waals surface area (Å²) < 4.78 is 0. The minimum Gasteiger partial charge on any atom is -0.393 e. The molecule has 4 saturated carbocycles. The van der Waals surface area contributed by atoms with Crippen LogP contribution in [0.1, 0.15) is 110 Å². The molecule has 0 aromatic heterocycles. The third kappa shape index (κ3) is 6.31. The monoisotopic (exact) mass is 528 g/mol. The highest BCUT2D eigenvalue weighted by molar-refractivity contribution is 7.41. The number of aliphatic hydroxyl groups excluding tert-OH is 4. The molecule has 0 aromatic rings. The fourth-order valence-corrected chi connectivity index (χ4v) is 13.8. The van der Waals surface area contributed by atoms with E-state index in [1.165, 1.54) is 57.3 Å². The quantitative estimate of drug-likeness (QED) is 0.194. The van der Waals surface area contributed by atoms with E-state index in [-0.39, 0.29) is 24.4 Å². The van der Waals surface area contributed by atoms with Gasteiger partial charge in [0.1, 0.15) is 0 Å². The second kappa shape index (κ2) is 12.7. The van der Waals surface area contributed by atoms with E-state index in [0.29, 0.717) is 34.0 Å². The summed E-state index contributed by atoms with van der Waals surface area (Å²) in [5.74, 6) is 2.53. The Bertz CT molecular complexity index is 567. The van der Waals surface area contributed by atoms with Crippen molar-refractivity contribution in [2.24, 2.45) is 23.7 Å². The van der Waals surface area contributed by atoms with Gasteiger partial charge in [0, 0.05) is 0 Å². The summed E-state index contributed by atoms with van der Waals surface area (Å²) in [7, 11) is 1.89. The van der Waals surface area contributed by atoms with Crippen LogP contribution in [0.5, 0.6) is 0 Å². The number of rotatable bonds is 12. The van der Waals surface area contributed by atoms with Crippen molar-refractivity contribution in [3.05, 3.63) is 0 Å². The van der Waals surface area contributed by atoms with Gasteiger partial charge in [-0.25, -0.2) is 0 Å². The van der Waals surface area contributed by atoms with Gasteiger partial charge in [-0.1, -0.05) is 13.8 Å². The van der Waals surface area contributed by atoms with Crippen molar-refractivity contribution in [3.63, 3.8) is 0 Å². The molecule has 4 N–H and O–H groups in total. The van der Waals surface area contributed by atoms with Gasteiger partial charge in [-0.15, -0.1) is 17.2 Å². The highest BCUT2D eigenvalue weighted by atomic mass is 31.1.